The van der Waals surface area contributed by atoms with Crippen LogP contribution in [0.3, 0.4) is 0 Å². The van der Waals surface area contributed by atoms with Gasteiger partial charge >= 0.3 is 5.97 Å². The molecule has 0 spiro atoms. The van der Waals surface area contributed by atoms with Crippen molar-refractivity contribution in [3.63, 3.8) is 0 Å². The number of hydrogen-bond donors (Lipinski definition) is 3. The minimum Gasteiger partial charge on any atom is -0.508 e. The summed E-state index contributed by atoms with van der Waals surface area (Å²) in [5, 5.41) is 27.9. The van der Waals surface area contributed by atoms with Gasteiger partial charge in [0.05, 0.1) is 0 Å². The number of halogens is 1. The molecule has 0 aromatic heterocycles. The smallest absolute Gasteiger partial charge is 0.337 e. The summed E-state index contributed by atoms with van der Waals surface area (Å²) in [7, 11) is 0. The van der Waals surface area contributed by atoms with Gasteiger partial charge in [0, 0.05) is 22.9 Å². The largest absolute Gasteiger partial charge is 0.508 e. The van der Waals surface area contributed by atoms with E-state index in [1.165, 1.54) is 12.1 Å². The second-order valence-electron chi connectivity index (χ2n) is 3.37. The van der Waals surface area contributed by atoms with Gasteiger partial charge in [-0.1, -0.05) is 22.0 Å². The summed E-state index contributed by atoms with van der Waals surface area (Å²) in [5.74, 6) is -1.93. The van der Waals surface area contributed by atoms with Gasteiger partial charge in [0.1, 0.15) is 5.75 Å². The van der Waals surface area contributed by atoms with Crippen molar-refractivity contribution in [2.24, 2.45) is 0 Å². The van der Waals surface area contributed by atoms with Crippen LogP contribution in [0.4, 0.5) is 0 Å². The molecular weight excluding hydrogens is 292 g/mol. The van der Waals surface area contributed by atoms with E-state index in [-0.39, 0.29) is 29.1 Å². The molecule has 0 fully saturated rings. The molecule has 0 bridgehead atoms. The number of rotatable bonds is 5. The number of carbonyl (C=O) groups excluding carboxylic acids is 1. The maximum absolute atomic E-state index is 11.7. The maximum atomic E-state index is 11.7. The number of benzene rings is 1. The van der Waals surface area contributed by atoms with Crippen LogP contribution < -0.4 is 0 Å². The Bertz CT molecular complexity index is 443. The van der Waals surface area contributed by atoms with E-state index in [0.717, 1.165) is 6.07 Å². The molecule has 3 N–H and O–H groups in total. The number of carboxylic acid groups (broad SMARTS) is 1. The van der Waals surface area contributed by atoms with Crippen molar-refractivity contribution < 1.29 is 24.9 Å². The predicted molar refractivity (Wildman–Crippen MR) is 63.4 cm³/mol. The Hall–Kier alpha value is -1.40. The van der Waals surface area contributed by atoms with Crippen molar-refractivity contribution in [1.82, 2.24) is 0 Å². The minimum absolute atomic E-state index is 0.0127. The molecule has 5 nitrogen and oxygen atoms in total. The zero-order chi connectivity index (χ0) is 13.0. The fraction of sp³-hybridized carbons (Fsp3) is 0.273. The van der Waals surface area contributed by atoms with Gasteiger partial charge in [0.2, 0.25) is 0 Å². The second kappa shape index (κ2) is 5.79. The highest BCUT2D eigenvalue weighted by molar-refractivity contribution is 9.09. The van der Waals surface area contributed by atoms with Crippen LogP contribution in [0, 0.1) is 0 Å². The van der Waals surface area contributed by atoms with E-state index in [2.05, 4.69) is 15.9 Å². The van der Waals surface area contributed by atoms with E-state index < -0.39 is 12.1 Å². The summed E-state index contributed by atoms with van der Waals surface area (Å²) in [6.45, 7) is 0. The van der Waals surface area contributed by atoms with E-state index in [0.29, 0.717) is 5.33 Å². The van der Waals surface area contributed by atoms with Crippen LogP contribution in [0.15, 0.2) is 18.2 Å². The molecule has 92 valence electrons. The van der Waals surface area contributed by atoms with Crippen molar-refractivity contribution in [3.8, 4) is 5.75 Å². The Morgan fingerprint density at radius 1 is 1.35 bits per heavy atom. The molecule has 0 saturated carbocycles. The number of alkyl halides is 1. The third-order valence-electron chi connectivity index (χ3n) is 2.19. The summed E-state index contributed by atoms with van der Waals surface area (Å²) in [4.78, 5) is 22.4. The summed E-state index contributed by atoms with van der Waals surface area (Å²) in [6, 6.07) is 3.62. The fourth-order valence-corrected chi connectivity index (χ4v) is 1.74. The molecule has 1 aromatic carbocycles. The number of Topliss-reactive ketones (excluding diaryl/α,β-unsaturated/α-hetero) is 1. The summed E-state index contributed by atoms with van der Waals surface area (Å²) in [5.41, 5.74) is 0.0144. The lowest BCUT2D eigenvalue weighted by molar-refractivity contribution is -0.146. The summed E-state index contributed by atoms with van der Waals surface area (Å²) < 4.78 is 0. The average molecular weight is 303 g/mol. The van der Waals surface area contributed by atoms with Crippen molar-refractivity contribution in [3.05, 3.63) is 29.3 Å². The third kappa shape index (κ3) is 3.28. The van der Waals surface area contributed by atoms with Gasteiger partial charge < -0.3 is 15.3 Å². The molecule has 17 heavy (non-hydrogen) atoms. The lowest BCUT2D eigenvalue weighted by Crippen LogP contribution is -2.15. The molecule has 1 unspecified atom stereocenters. The van der Waals surface area contributed by atoms with Crippen LogP contribution in [0.5, 0.6) is 5.75 Å². The van der Waals surface area contributed by atoms with Gasteiger partial charge in [-0.3, -0.25) is 4.79 Å². The van der Waals surface area contributed by atoms with Crippen molar-refractivity contribution in [1.29, 1.82) is 0 Å². The highest BCUT2D eigenvalue weighted by atomic mass is 79.9. The average Bonchev–Trinajstić information content (AvgIpc) is 2.28. The Labute approximate surface area is 106 Å². The van der Waals surface area contributed by atoms with Gasteiger partial charge in [-0.2, -0.15) is 0 Å². The van der Waals surface area contributed by atoms with Crippen molar-refractivity contribution >= 4 is 27.7 Å². The highest BCUT2D eigenvalue weighted by Gasteiger charge is 2.22. The number of carboxylic acids is 1. The maximum Gasteiger partial charge on any atom is 0.337 e. The zero-order valence-corrected chi connectivity index (χ0v) is 10.3. The van der Waals surface area contributed by atoms with Gasteiger partial charge in [-0.05, 0) is 12.1 Å². The topological polar surface area (TPSA) is 94.8 Å². The lowest BCUT2D eigenvalue weighted by atomic mass is 9.97. The summed E-state index contributed by atoms with van der Waals surface area (Å²) >= 11 is 3.09. The Morgan fingerprint density at radius 2 is 2.00 bits per heavy atom. The number of aliphatic hydroxyl groups excluding tert-OH is 1. The fourth-order valence-electron chi connectivity index (χ4n) is 1.38. The molecule has 0 radical (unpaired) electrons. The number of aromatic hydroxyl groups is 1. The first-order chi connectivity index (χ1) is 7.97. The van der Waals surface area contributed by atoms with Crippen LogP contribution in [0.25, 0.3) is 0 Å². The first-order valence-electron chi connectivity index (χ1n) is 4.80. The van der Waals surface area contributed by atoms with E-state index in [1.54, 1.807) is 0 Å². The Morgan fingerprint density at radius 3 is 2.53 bits per heavy atom. The number of aliphatic hydroxyl groups is 1. The Balaban J connectivity index is 3.21. The van der Waals surface area contributed by atoms with Gasteiger partial charge in [0.15, 0.2) is 11.9 Å². The van der Waals surface area contributed by atoms with Crippen LogP contribution >= 0.6 is 15.9 Å². The summed E-state index contributed by atoms with van der Waals surface area (Å²) in [6.07, 6.45) is -1.62. The lowest BCUT2D eigenvalue weighted by Gasteiger charge is -2.11. The number of phenols is 1. The molecule has 0 aliphatic rings. The van der Waals surface area contributed by atoms with E-state index in [9.17, 15) is 19.8 Å². The SMILES string of the molecule is O=C(CCBr)c1cc(O)ccc1C(O)C(=O)O. The number of hydrogen-bond acceptors (Lipinski definition) is 4. The minimum atomic E-state index is -1.77. The highest BCUT2D eigenvalue weighted by Crippen LogP contribution is 2.24. The number of phenolic OH excluding ortho intramolecular Hbond substituents is 1. The van der Waals surface area contributed by atoms with Crippen molar-refractivity contribution in [2.75, 3.05) is 5.33 Å². The van der Waals surface area contributed by atoms with Crippen LogP contribution in [-0.4, -0.2) is 32.4 Å². The van der Waals surface area contributed by atoms with E-state index >= 15 is 0 Å². The van der Waals surface area contributed by atoms with Crippen LogP contribution in [0.2, 0.25) is 0 Å². The van der Waals surface area contributed by atoms with Gasteiger partial charge in [0.25, 0.3) is 0 Å². The molecule has 1 rings (SSSR count). The number of carbonyl (C=O) groups is 2. The van der Waals surface area contributed by atoms with Crippen LogP contribution in [-0.2, 0) is 4.79 Å². The van der Waals surface area contributed by atoms with Gasteiger partial charge in [-0.15, -0.1) is 0 Å². The van der Waals surface area contributed by atoms with E-state index in [4.69, 9.17) is 5.11 Å². The number of aliphatic carboxylic acids is 1. The second-order valence-corrected chi connectivity index (χ2v) is 4.17. The molecule has 0 aliphatic heterocycles. The molecule has 0 saturated heterocycles. The van der Waals surface area contributed by atoms with Crippen molar-refractivity contribution in [2.45, 2.75) is 12.5 Å². The van der Waals surface area contributed by atoms with Gasteiger partial charge in [-0.25, -0.2) is 4.79 Å². The number of ketones is 1. The molecule has 0 heterocycles. The zero-order valence-electron chi connectivity index (χ0n) is 8.76. The first-order valence-corrected chi connectivity index (χ1v) is 5.92. The standard InChI is InChI=1S/C11H11BrO5/c12-4-3-9(14)8-5-6(13)1-2-7(8)10(15)11(16)17/h1-2,5,10,13,15H,3-4H2,(H,16,17). The molecule has 6 heteroatoms. The normalized spacial score (nSPS) is 12.1. The van der Waals surface area contributed by atoms with Crippen LogP contribution in [0.1, 0.15) is 28.4 Å². The molecule has 1 atom stereocenters. The monoisotopic (exact) mass is 302 g/mol. The first kappa shape index (κ1) is 13.7. The predicted octanol–water partition coefficient (Wildman–Crippen LogP) is 1.48. The Kier molecular flexibility index (Phi) is 4.65. The molecule has 1 aromatic rings. The molecule has 0 aliphatic carbocycles. The van der Waals surface area contributed by atoms with E-state index in [1.807, 2.05) is 0 Å². The molecular formula is C11H11BrO5. The quantitative estimate of drug-likeness (QED) is 0.566. The third-order valence-corrected chi connectivity index (χ3v) is 2.58. The molecule has 0 amide bonds.